The third-order valence-electron chi connectivity index (χ3n) is 4.65. The Hall–Kier alpha value is -2.72. The number of carbonyl (C=O) groups excluding carboxylic acids is 1. The fourth-order valence-corrected chi connectivity index (χ4v) is 3.38. The van der Waals surface area contributed by atoms with Crippen molar-refractivity contribution >= 4 is 14.2 Å². The van der Waals surface area contributed by atoms with Gasteiger partial charge in [-0.15, -0.1) is 0 Å². The number of benzene rings is 3. The maximum atomic E-state index is 11.9. The fraction of sp³-hybridized carbons (Fsp3) is 0.269. The first kappa shape index (κ1) is 25.5. The highest BCUT2D eigenvalue weighted by Gasteiger charge is 2.23. The van der Waals surface area contributed by atoms with Crippen LogP contribution in [0.3, 0.4) is 0 Å². The molecule has 0 aliphatic heterocycles. The summed E-state index contributed by atoms with van der Waals surface area (Å²) in [6.07, 6.45) is -1.08. The van der Waals surface area contributed by atoms with E-state index in [1.165, 1.54) is 18.1 Å². The first-order valence-electron chi connectivity index (χ1n) is 10.4. The monoisotopic (exact) mass is 454 g/mol. The summed E-state index contributed by atoms with van der Waals surface area (Å²) in [6, 6.07) is 26.4. The van der Waals surface area contributed by atoms with Gasteiger partial charge in [-0.25, -0.2) is 4.79 Å². The van der Waals surface area contributed by atoms with Crippen molar-refractivity contribution in [3.8, 4) is 16.9 Å². The number of hydrogen-bond donors (Lipinski definition) is 1. The van der Waals surface area contributed by atoms with E-state index in [0.29, 0.717) is 5.75 Å². The molecule has 170 valence electrons. The van der Waals surface area contributed by atoms with Gasteiger partial charge < -0.3 is 9.63 Å². The third kappa shape index (κ3) is 8.08. The molecule has 3 aromatic carbocycles. The molecule has 0 amide bonds. The second kappa shape index (κ2) is 11.8. The Morgan fingerprint density at radius 3 is 1.84 bits per heavy atom. The molecule has 3 aromatic rings. The first-order chi connectivity index (χ1) is 15.1. The van der Waals surface area contributed by atoms with Crippen LogP contribution in [0.2, 0.25) is 0 Å². The highest BCUT2D eigenvalue weighted by atomic mass is 31.1. The molecule has 0 bridgehead atoms. The van der Waals surface area contributed by atoms with Crippen LogP contribution in [0.1, 0.15) is 38.8 Å². The summed E-state index contributed by atoms with van der Waals surface area (Å²) in [4.78, 5) is 20.5. The second-order valence-electron chi connectivity index (χ2n) is 8.43. The Kier molecular flexibility index (Phi) is 9.40. The van der Waals surface area contributed by atoms with Crippen LogP contribution in [0.25, 0.3) is 11.1 Å². The SMILES string of the molecule is Cc1ccc(C(C)(C)C)c(OC(=O)C(C)O[PH](=O)O)c1.c1ccc(-c2ccccc2)cc1. The smallest absolute Gasteiger partial charge is 0.340 e. The lowest BCUT2D eigenvalue weighted by Gasteiger charge is -2.23. The molecule has 0 saturated carbocycles. The van der Waals surface area contributed by atoms with Crippen LogP contribution in [0.4, 0.5) is 0 Å². The van der Waals surface area contributed by atoms with Crippen LogP contribution in [-0.4, -0.2) is 17.0 Å². The number of rotatable bonds is 5. The average Bonchev–Trinajstić information content (AvgIpc) is 2.74. The molecule has 0 saturated heterocycles. The van der Waals surface area contributed by atoms with Gasteiger partial charge in [0.25, 0.3) is 0 Å². The molecule has 0 fully saturated rings. The zero-order chi connectivity index (χ0) is 23.7. The van der Waals surface area contributed by atoms with Gasteiger partial charge in [-0.05, 0) is 42.0 Å². The van der Waals surface area contributed by atoms with Crippen molar-refractivity contribution in [2.24, 2.45) is 0 Å². The van der Waals surface area contributed by atoms with Crippen molar-refractivity contribution < 1.29 is 23.5 Å². The maximum Gasteiger partial charge on any atom is 0.340 e. The number of esters is 1. The molecule has 1 N–H and O–H groups in total. The third-order valence-corrected chi connectivity index (χ3v) is 5.20. The summed E-state index contributed by atoms with van der Waals surface area (Å²) < 4.78 is 20.5. The molecule has 0 aliphatic rings. The van der Waals surface area contributed by atoms with E-state index in [4.69, 9.17) is 9.63 Å². The maximum absolute atomic E-state index is 11.9. The Bertz CT molecular complexity index is 990. The lowest BCUT2D eigenvalue weighted by molar-refractivity contribution is -0.141. The van der Waals surface area contributed by atoms with Crippen LogP contribution in [0.5, 0.6) is 5.75 Å². The fourth-order valence-electron chi connectivity index (χ4n) is 2.99. The van der Waals surface area contributed by atoms with Crippen molar-refractivity contribution in [2.45, 2.75) is 46.1 Å². The molecule has 32 heavy (non-hydrogen) atoms. The van der Waals surface area contributed by atoms with Crippen molar-refractivity contribution in [1.29, 1.82) is 0 Å². The summed E-state index contributed by atoms with van der Waals surface area (Å²) in [6.45, 7) is 9.33. The minimum atomic E-state index is -3.17. The van der Waals surface area contributed by atoms with Gasteiger partial charge in [0.1, 0.15) is 5.75 Å². The van der Waals surface area contributed by atoms with E-state index in [-0.39, 0.29) is 5.41 Å². The standard InChI is InChI=1S/C14H21O5P.C12H10/c1-9-6-7-11(14(3,4)5)12(8-9)18-13(15)10(2)19-20(16)17;1-3-7-11(8-4-1)12-9-5-2-6-10-12/h6-8,10,20H,1-5H3,(H,16,17);1-10H. The Morgan fingerprint density at radius 1 is 0.906 bits per heavy atom. The number of hydrogen-bond acceptors (Lipinski definition) is 4. The number of ether oxygens (including phenoxy) is 1. The van der Waals surface area contributed by atoms with Gasteiger partial charge in [-0.3, -0.25) is 9.09 Å². The molecule has 3 rings (SSSR count). The lowest BCUT2D eigenvalue weighted by atomic mass is 9.86. The Balaban J connectivity index is 0.000000255. The minimum Gasteiger partial charge on any atom is -0.424 e. The molecule has 2 unspecified atom stereocenters. The average molecular weight is 455 g/mol. The quantitative estimate of drug-likeness (QED) is 0.277. The normalized spacial score (nSPS) is 12.8. The minimum absolute atomic E-state index is 0.183. The van der Waals surface area contributed by atoms with Gasteiger partial charge in [0, 0.05) is 5.56 Å². The predicted octanol–water partition coefficient (Wildman–Crippen LogP) is 6.34. The molecule has 0 aromatic heterocycles. The van der Waals surface area contributed by atoms with E-state index in [1.54, 1.807) is 6.07 Å². The van der Waals surface area contributed by atoms with Gasteiger partial charge in [-0.1, -0.05) is 93.6 Å². The van der Waals surface area contributed by atoms with E-state index in [2.05, 4.69) is 53.1 Å². The summed E-state index contributed by atoms with van der Waals surface area (Å²) in [5, 5.41) is 0. The van der Waals surface area contributed by atoms with Crippen molar-refractivity contribution in [1.82, 2.24) is 0 Å². The van der Waals surface area contributed by atoms with Crippen LogP contribution in [0.15, 0.2) is 78.9 Å². The van der Waals surface area contributed by atoms with Gasteiger partial charge in [0.05, 0.1) is 0 Å². The van der Waals surface area contributed by atoms with E-state index in [9.17, 15) is 9.36 Å². The number of carbonyl (C=O) groups is 1. The van der Waals surface area contributed by atoms with E-state index >= 15 is 0 Å². The zero-order valence-electron chi connectivity index (χ0n) is 19.2. The predicted molar refractivity (Wildman–Crippen MR) is 129 cm³/mol. The summed E-state index contributed by atoms with van der Waals surface area (Å²) >= 11 is 0. The van der Waals surface area contributed by atoms with Crippen LogP contribution < -0.4 is 4.74 Å². The summed E-state index contributed by atoms with van der Waals surface area (Å²) in [7, 11) is -3.17. The van der Waals surface area contributed by atoms with Crippen molar-refractivity contribution in [3.05, 3.63) is 90.0 Å². The molecular weight excluding hydrogens is 423 g/mol. The molecular formula is C26H31O5P. The topological polar surface area (TPSA) is 72.8 Å². The highest BCUT2D eigenvalue weighted by Crippen LogP contribution is 2.32. The van der Waals surface area contributed by atoms with Gasteiger partial charge >= 0.3 is 14.2 Å². The molecule has 0 aliphatic carbocycles. The van der Waals surface area contributed by atoms with Crippen molar-refractivity contribution in [3.63, 3.8) is 0 Å². The Labute approximate surface area is 191 Å². The van der Waals surface area contributed by atoms with Gasteiger partial charge in [0.15, 0.2) is 6.10 Å². The Morgan fingerprint density at radius 2 is 1.41 bits per heavy atom. The molecule has 0 heterocycles. The summed E-state index contributed by atoms with van der Waals surface area (Å²) in [5.41, 5.74) is 4.22. The largest absolute Gasteiger partial charge is 0.424 e. The molecule has 5 nitrogen and oxygen atoms in total. The number of aryl methyl sites for hydroxylation is 1. The van der Waals surface area contributed by atoms with Crippen LogP contribution >= 0.6 is 8.25 Å². The molecule has 2 atom stereocenters. The highest BCUT2D eigenvalue weighted by molar-refractivity contribution is 7.32. The van der Waals surface area contributed by atoms with Gasteiger partial charge in [0.2, 0.25) is 0 Å². The molecule has 0 spiro atoms. The van der Waals surface area contributed by atoms with E-state index in [0.717, 1.165) is 11.1 Å². The summed E-state index contributed by atoms with van der Waals surface area (Å²) in [5.74, 6) is -0.232. The van der Waals surface area contributed by atoms with Crippen molar-refractivity contribution in [2.75, 3.05) is 0 Å². The van der Waals surface area contributed by atoms with Crippen LogP contribution in [0, 0.1) is 6.92 Å². The molecule has 6 heteroatoms. The first-order valence-corrected chi connectivity index (χ1v) is 11.7. The molecule has 0 radical (unpaired) electrons. The lowest BCUT2D eigenvalue weighted by Crippen LogP contribution is -2.25. The second-order valence-corrected chi connectivity index (χ2v) is 9.20. The van der Waals surface area contributed by atoms with E-state index in [1.807, 2.05) is 52.0 Å². The van der Waals surface area contributed by atoms with Gasteiger partial charge in [-0.2, -0.15) is 0 Å². The van der Waals surface area contributed by atoms with Crippen LogP contribution in [-0.2, 0) is 19.3 Å². The van der Waals surface area contributed by atoms with E-state index < -0.39 is 20.3 Å². The zero-order valence-corrected chi connectivity index (χ0v) is 20.2.